The largest absolute Gasteiger partial charge is 0.380 e. The second kappa shape index (κ2) is 11.7. The Hall–Kier alpha value is -0.120. The number of likely N-dealkylation sites (tertiary alicyclic amines) is 1. The topological polar surface area (TPSA) is 24.5 Å². The Labute approximate surface area is 120 Å². The first kappa shape index (κ1) is 16.9. The molecule has 0 unspecified atom stereocenters. The highest BCUT2D eigenvalue weighted by Gasteiger charge is 2.08. The molecule has 3 nitrogen and oxygen atoms in total. The van der Waals surface area contributed by atoms with E-state index in [1.807, 2.05) is 0 Å². The first-order valence-corrected chi connectivity index (χ1v) is 8.30. The first-order chi connectivity index (χ1) is 9.29. The summed E-state index contributed by atoms with van der Waals surface area (Å²) >= 11 is 0. The molecule has 0 radical (unpaired) electrons. The van der Waals surface area contributed by atoms with Gasteiger partial charge >= 0.3 is 0 Å². The van der Waals surface area contributed by atoms with E-state index in [9.17, 15) is 0 Å². The summed E-state index contributed by atoms with van der Waals surface area (Å²) in [6.07, 6.45) is 7.95. The van der Waals surface area contributed by atoms with E-state index in [1.165, 1.54) is 51.6 Å². The van der Waals surface area contributed by atoms with Gasteiger partial charge in [0.05, 0.1) is 6.61 Å². The van der Waals surface area contributed by atoms with Gasteiger partial charge in [-0.2, -0.15) is 0 Å². The fourth-order valence-electron chi connectivity index (χ4n) is 2.50. The van der Waals surface area contributed by atoms with Crippen molar-refractivity contribution in [2.45, 2.75) is 52.4 Å². The van der Waals surface area contributed by atoms with Gasteiger partial charge in [-0.3, -0.25) is 0 Å². The number of hydrogen-bond acceptors (Lipinski definition) is 3. The summed E-state index contributed by atoms with van der Waals surface area (Å²) in [4.78, 5) is 2.54. The van der Waals surface area contributed by atoms with Gasteiger partial charge < -0.3 is 15.0 Å². The second-order valence-corrected chi connectivity index (χ2v) is 6.17. The summed E-state index contributed by atoms with van der Waals surface area (Å²) in [5.74, 6) is 0.762. The molecule has 1 fully saturated rings. The molecule has 0 saturated carbocycles. The van der Waals surface area contributed by atoms with Crippen LogP contribution in [-0.4, -0.2) is 50.8 Å². The van der Waals surface area contributed by atoms with Crippen LogP contribution in [0.3, 0.4) is 0 Å². The van der Waals surface area contributed by atoms with Gasteiger partial charge in [-0.1, -0.05) is 20.3 Å². The molecule has 1 saturated heterocycles. The minimum atomic E-state index is 0.762. The number of unbranched alkanes of at least 4 members (excludes halogenated alkanes) is 2. The van der Waals surface area contributed by atoms with E-state index < -0.39 is 0 Å². The van der Waals surface area contributed by atoms with Crippen LogP contribution in [0.5, 0.6) is 0 Å². The van der Waals surface area contributed by atoms with Gasteiger partial charge in [-0.25, -0.2) is 0 Å². The molecule has 0 amide bonds. The zero-order chi connectivity index (χ0) is 13.8. The van der Waals surface area contributed by atoms with Crippen LogP contribution in [0.25, 0.3) is 0 Å². The van der Waals surface area contributed by atoms with Gasteiger partial charge in [0, 0.05) is 13.2 Å². The van der Waals surface area contributed by atoms with Crippen LogP contribution in [-0.2, 0) is 4.74 Å². The quantitative estimate of drug-likeness (QED) is 0.584. The van der Waals surface area contributed by atoms with Gasteiger partial charge in [-0.15, -0.1) is 0 Å². The van der Waals surface area contributed by atoms with Gasteiger partial charge in [0.15, 0.2) is 0 Å². The highest BCUT2D eigenvalue weighted by Crippen LogP contribution is 2.07. The number of nitrogens with zero attached hydrogens (tertiary/aromatic N) is 1. The average molecular weight is 270 g/mol. The molecule has 114 valence electrons. The SMILES string of the molecule is CC(C)CNCCCCCOCCN1CCCCC1. The minimum absolute atomic E-state index is 0.762. The van der Waals surface area contributed by atoms with Crippen LogP contribution in [0, 0.1) is 5.92 Å². The normalized spacial score (nSPS) is 17.2. The van der Waals surface area contributed by atoms with E-state index >= 15 is 0 Å². The molecule has 19 heavy (non-hydrogen) atoms. The van der Waals surface area contributed by atoms with Crippen molar-refractivity contribution in [2.24, 2.45) is 5.92 Å². The third kappa shape index (κ3) is 10.3. The Kier molecular flexibility index (Phi) is 10.4. The average Bonchev–Trinajstić information content (AvgIpc) is 2.42. The predicted octanol–water partition coefficient (Wildman–Crippen LogP) is 2.90. The highest BCUT2D eigenvalue weighted by molar-refractivity contribution is 4.63. The molecule has 1 N–H and O–H groups in total. The maximum absolute atomic E-state index is 5.72. The molecular weight excluding hydrogens is 236 g/mol. The second-order valence-electron chi connectivity index (χ2n) is 6.17. The van der Waals surface area contributed by atoms with Crippen molar-refractivity contribution < 1.29 is 4.74 Å². The van der Waals surface area contributed by atoms with E-state index in [2.05, 4.69) is 24.1 Å². The van der Waals surface area contributed by atoms with E-state index in [0.717, 1.165) is 38.8 Å². The van der Waals surface area contributed by atoms with Crippen molar-refractivity contribution >= 4 is 0 Å². The first-order valence-electron chi connectivity index (χ1n) is 8.30. The Bertz CT molecular complexity index is 191. The van der Waals surface area contributed by atoms with Crippen LogP contribution in [0.1, 0.15) is 52.4 Å². The van der Waals surface area contributed by atoms with E-state index in [0.29, 0.717) is 0 Å². The molecule has 0 aliphatic carbocycles. The molecule has 0 aromatic heterocycles. The number of hydrogen-bond donors (Lipinski definition) is 1. The van der Waals surface area contributed by atoms with Crippen LogP contribution in [0.4, 0.5) is 0 Å². The lowest BCUT2D eigenvalue weighted by Gasteiger charge is -2.26. The van der Waals surface area contributed by atoms with Crippen molar-refractivity contribution in [1.82, 2.24) is 10.2 Å². The van der Waals surface area contributed by atoms with E-state index in [1.54, 1.807) is 0 Å². The third-order valence-corrected chi connectivity index (χ3v) is 3.70. The van der Waals surface area contributed by atoms with E-state index in [-0.39, 0.29) is 0 Å². The van der Waals surface area contributed by atoms with Crippen molar-refractivity contribution in [2.75, 3.05) is 45.9 Å². The minimum Gasteiger partial charge on any atom is -0.380 e. The Morgan fingerprint density at radius 2 is 1.79 bits per heavy atom. The molecular formula is C16H34N2O. The lowest BCUT2D eigenvalue weighted by Crippen LogP contribution is -2.32. The summed E-state index contributed by atoms with van der Waals surface area (Å²) in [6, 6.07) is 0. The third-order valence-electron chi connectivity index (χ3n) is 3.70. The summed E-state index contributed by atoms with van der Waals surface area (Å²) < 4.78 is 5.72. The molecule has 0 bridgehead atoms. The monoisotopic (exact) mass is 270 g/mol. The number of ether oxygens (including phenoxy) is 1. The van der Waals surface area contributed by atoms with Crippen molar-refractivity contribution in [1.29, 1.82) is 0 Å². The van der Waals surface area contributed by atoms with Gasteiger partial charge in [0.1, 0.15) is 0 Å². The van der Waals surface area contributed by atoms with Gasteiger partial charge in [0.2, 0.25) is 0 Å². The van der Waals surface area contributed by atoms with Crippen LogP contribution in [0.15, 0.2) is 0 Å². The summed E-state index contributed by atoms with van der Waals surface area (Å²) in [5, 5.41) is 3.48. The molecule has 0 aromatic carbocycles. The molecule has 3 heteroatoms. The number of rotatable bonds is 11. The smallest absolute Gasteiger partial charge is 0.0593 e. The standard InChI is InChI=1S/C16H34N2O/c1-16(2)15-17-9-5-3-8-13-19-14-12-18-10-6-4-7-11-18/h16-17H,3-15H2,1-2H3. The zero-order valence-electron chi connectivity index (χ0n) is 13.1. The summed E-state index contributed by atoms with van der Waals surface area (Å²) in [6.45, 7) is 12.4. The molecule has 1 aliphatic rings. The fraction of sp³-hybridized carbons (Fsp3) is 1.00. The fourth-order valence-corrected chi connectivity index (χ4v) is 2.50. The maximum atomic E-state index is 5.72. The molecule has 0 atom stereocenters. The highest BCUT2D eigenvalue weighted by atomic mass is 16.5. The number of nitrogens with one attached hydrogen (secondary N) is 1. The van der Waals surface area contributed by atoms with Crippen LogP contribution >= 0.6 is 0 Å². The van der Waals surface area contributed by atoms with Crippen LogP contribution < -0.4 is 5.32 Å². The summed E-state index contributed by atoms with van der Waals surface area (Å²) in [5.41, 5.74) is 0. The molecule has 1 heterocycles. The maximum Gasteiger partial charge on any atom is 0.0593 e. The Morgan fingerprint density at radius 3 is 2.53 bits per heavy atom. The number of piperidine rings is 1. The lowest BCUT2D eigenvalue weighted by molar-refractivity contribution is 0.0939. The lowest BCUT2D eigenvalue weighted by atomic mass is 10.1. The van der Waals surface area contributed by atoms with Crippen molar-refractivity contribution in [3.8, 4) is 0 Å². The van der Waals surface area contributed by atoms with Crippen LogP contribution in [0.2, 0.25) is 0 Å². The molecule has 0 spiro atoms. The molecule has 0 aromatic rings. The Balaban J connectivity index is 1.73. The van der Waals surface area contributed by atoms with Gasteiger partial charge in [0.25, 0.3) is 0 Å². The predicted molar refractivity (Wildman–Crippen MR) is 82.7 cm³/mol. The van der Waals surface area contributed by atoms with E-state index in [4.69, 9.17) is 4.74 Å². The summed E-state index contributed by atoms with van der Waals surface area (Å²) in [7, 11) is 0. The molecule has 1 aliphatic heterocycles. The van der Waals surface area contributed by atoms with Crippen molar-refractivity contribution in [3.63, 3.8) is 0 Å². The van der Waals surface area contributed by atoms with Crippen molar-refractivity contribution in [3.05, 3.63) is 0 Å². The van der Waals surface area contributed by atoms with Gasteiger partial charge in [-0.05, 0) is 64.2 Å². The Morgan fingerprint density at radius 1 is 1.00 bits per heavy atom. The molecule has 1 rings (SSSR count). The zero-order valence-corrected chi connectivity index (χ0v) is 13.1.